The van der Waals surface area contributed by atoms with Gasteiger partial charge in [-0.3, -0.25) is 0 Å². The Labute approximate surface area is 99.7 Å². The van der Waals surface area contributed by atoms with E-state index in [0.717, 1.165) is 0 Å². The minimum absolute atomic E-state index is 0. The van der Waals surface area contributed by atoms with Gasteiger partial charge in [0, 0.05) is 51.4 Å². The Hall–Kier alpha value is 2.74. The Kier molecular flexibility index (Phi) is 9.78. The van der Waals surface area contributed by atoms with Crippen molar-refractivity contribution in [3.63, 3.8) is 0 Å². The number of nitriles is 1. The third kappa shape index (κ3) is 12.0. The van der Waals surface area contributed by atoms with Gasteiger partial charge in [0.2, 0.25) is 0 Å². The Bertz CT molecular complexity index is 81.9. The summed E-state index contributed by atoms with van der Waals surface area (Å²) in [5.74, 6) is 0. The first-order chi connectivity index (χ1) is 2.56. The molecule has 0 bridgehead atoms. The standard InChI is InChI=1S/CN.Au.3ClH.K/c1-2;;;;;/h;;3*1H;/q;+3;;;;/p-3. The Morgan fingerprint density at radius 3 is 1.43 bits per heavy atom. The number of nitrogens with zero attached hydrogens (tertiary/aromatic N) is 1. The van der Waals surface area contributed by atoms with Crippen molar-refractivity contribution in [1.29, 1.82) is 5.26 Å². The normalized spacial score (nSPS) is 11.1. The maximum atomic E-state index is 7.83. The van der Waals surface area contributed by atoms with Crippen LogP contribution in [0.25, 0.3) is 0 Å². The van der Waals surface area contributed by atoms with Gasteiger partial charge in [-0.2, -0.15) is 0 Å². The second kappa shape index (κ2) is 5.52. The summed E-state index contributed by atoms with van der Waals surface area (Å²) >= 11 is -3.20. The summed E-state index contributed by atoms with van der Waals surface area (Å²) in [6.07, 6.45) is 0. The van der Waals surface area contributed by atoms with Crippen molar-refractivity contribution in [1.82, 2.24) is 0 Å². The molecule has 0 aliphatic carbocycles. The monoisotopic (exact) mass is 367 g/mol. The van der Waals surface area contributed by atoms with Crippen LogP contribution >= 0.6 is 27.6 Å². The molecule has 0 unspecified atom stereocenters. The van der Waals surface area contributed by atoms with Gasteiger partial charge in [-0.15, -0.1) is 0 Å². The largest absolute Gasteiger partial charge is 0 e. The molecule has 7 heavy (non-hydrogen) atoms. The molecule has 0 rings (SSSR count). The smallest absolute Gasteiger partial charge is 0 e. The fraction of sp³-hybridized carbons (Fsp3) is 0. The van der Waals surface area contributed by atoms with E-state index in [1.54, 1.807) is 4.29 Å². The molecule has 0 saturated heterocycles. The average Bonchev–Trinajstić information content (AvgIpc) is 1.35. The van der Waals surface area contributed by atoms with Crippen molar-refractivity contribution >= 4 is 79.0 Å². The predicted octanol–water partition coefficient (Wildman–Crippen LogP) is 1.70. The summed E-state index contributed by atoms with van der Waals surface area (Å²) < 4.78 is 1.57. The van der Waals surface area contributed by atoms with Crippen LogP contribution in [0.1, 0.15) is 0 Å². The molecule has 0 aliphatic rings. The molecular formula is CAuCl3KN. The van der Waals surface area contributed by atoms with E-state index >= 15 is 0 Å². The summed E-state index contributed by atoms with van der Waals surface area (Å²) in [5, 5.41) is 7.83. The summed E-state index contributed by atoms with van der Waals surface area (Å²) in [4.78, 5) is 0. The average molecular weight is 368 g/mol. The van der Waals surface area contributed by atoms with Gasteiger partial charge in [-0.25, -0.2) is 0 Å². The quantitative estimate of drug-likeness (QED) is 0.597. The van der Waals surface area contributed by atoms with Crippen molar-refractivity contribution in [2.24, 2.45) is 0 Å². The van der Waals surface area contributed by atoms with E-state index in [9.17, 15) is 0 Å². The van der Waals surface area contributed by atoms with Gasteiger partial charge in [0.1, 0.15) is 0 Å². The molecule has 0 aromatic heterocycles. The van der Waals surface area contributed by atoms with Gasteiger partial charge in [0.25, 0.3) is 0 Å². The Morgan fingerprint density at radius 1 is 1.29 bits per heavy atom. The van der Waals surface area contributed by atoms with Gasteiger partial charge >= 0.3 is 51.0 Å². The van der Waals surface area contributed by atoms with Crippen molar-refractivity contribution in [2.45, 2.75) is 0 Å². The van der Waals surface area contributed by atoms with E-state index in [-0.39, 0.29) is 51.4 Å². The van der Waals surface area contributed by atoms with E-state index in [4.69, 9.17) is 32.8 Å². The molecule has 0 saturated carbocycles. The topological polar surface area (TPSA) is 23.8 Å². The molecule has 0 amide bonds. The molecular weight excluding hydrogens is 368 g/mol. The minimum atomic E-state index is -3.20. The summed E-state index contributed by atoms with van der Waals surface area (Å²) in [6, 6.07) is 0. The number of hydrogen-bond donors (Lipinski definition) is 0. The molecule has 0 fully saturated rings. The van der Waals surface area contributed by atoms with Crippen LogP contribution in [0.15, 0.2) is 0 Å². The number of hydrogen-bond acceptors (Lipinski definition) is 1. The van der Waals surface area contributed by atoms with Crippen molar-refractivity contribution < 1.29 is 13.9 Å². The first-order valence-electron chi connectivity index (χ1n) is 0.716. The fourth-order valence-electron chi connectivity index (χ4n) is 0. The fourth-order valence-corrected chi connectivity index (χ4v) is 0. The zero-order chi connectivity index (χ0) is 5.21. The van der Waals surface area contributed by atoms with E-state index in [2.05, 4.69) is 0 Å². The van der Waals surface area contributed by atoms with Gasteiger partial charge in [-0.05, 0) is 0 Å². The number of halogens is 3. The first-order valence-corrected chi connectivity index (χ1v) is 9.85. The third-order valence-corrected chi connectivity index (χ3v) is 1.88. The van der Waals surface area contributed by atoms with Crippen molar-refractivity contribution in [3.05, 3.63) is 0 Å². The molecule has 0 heterocycles. The molecule has 1 radical (unpaired) electrons. The number of rotatable bonds is 0. The maximum Gasteiger partial charge on any atom is 0 e. The van der Waals surface area contributed by atoms with Crippen molar-refractivity contribution in [2.75, 3.05) is 0 Å². The van der Waals surface area contributed by atoms with Crippen LogP contribution in [0.2, 0.25) is 0 Å². The molecule has 1 nitrogen and oxygen atoms in total. The summed E-state index contributed by atoms with van der Waals surface area (Å²) in [6.45, 7) is 0. The van der Waals surface area contributed by atoms with Crippen LogP contribution in [0.4, 0.5) is 0 Å². The zero-order valence-corrected chi connectivity index (χ0v) is 10.9. The predicted molar refractivity (Wildman–Crippen MR) is 28.9 cm³/mol. The molecule has 42 valence electrons. The zero-order valence-electron chi connectivity index (χ0n) is 3.38. The second-order valence-corrected chi connectivity index (χ2v) is 14.3. The van der Waals surface area contributed by atoms with Gasteiger partial charge in [-0.1, -0.05) is 0 Å². The molecule has 0 aromatic carbocycles. The molecule has 0 aromatic rings. The first kappa shape index (κ1) is 12.4. The van der Waals surface area contributed by atoms with Crippen molar-refractivity contribution in [3.8, 4) is 4.29 Å². The van der Waals surface area contributed by atoms with E-state index < -0.39 is 13.9 Å². The molecule has 0 atom stereocenters. The minimum Gasteiger partial charge on any atom is 0 e. The van der Waals surface area contributed by atoms with Gasteiger partial charge in [0.15, 0.2) is 0 Å². The second-order valence-electron chi connectivity index (χ2n) is 0.368. The SMILES string of the molecule is N#[C][Au]([Cl])([Cl])[Cl].[K]. The van der Waals surface area contributed by atoms with Gasteiger partial charge in [0.05, 0.1) is 0 Å². The summed E-state index contributed by atoms with van der Waals surface area (Å²) in [7, 11) is 15.2. The van der Waals surface area contributed by atoms with Gasteiger partial charge < -0.3 is 0 Å². The van der Waals surface area contributed by atoms with Crippen LogP contribution in [0.5, 0.6) is 0 Å². The van der Waals surface area contributed by atoms with E-state index in [0.29, 0.717) is 0 Å². The van der Waals surface area contributed by atoms with Crippen LogP contribution in [0.3, 0.4) is 0 Å². The molecule has 6 heteroatoms. The molecule has 0 aliphatic heterocycles. The molecule has 0 spiro atoms. The maximum absolute atomic E-state index is 7.83. The third-order valence-electron chi connectivity index (χ3n) is 0.0764. The Morgan fingerprint density at radius 2 is 1.43 bits per heavy atom. The Balaban J connectivity index is 0. The summed E-state index contributed by atoms with van der Waals surface area (Å²) in [5.41, 5.74) is 0. The van der Waals surface area contributed by atoms with Crippen LogP contribution in [-0.2, 0) is 13.9 Å². The molecule has 0 N–H and O–H groups in total. The van der Waals surface area contributed by atoms with E-state index in [1.807, 2.05) is 0 Å². The van der Waals surface area contributed by atoms with Crippen LogP contribution in [-0.4, -0.2) is 51.4 Å². The van der Waals surface area contributed by atoms with Crippen LogP contribution < -0.4 is 0 Å². The van der Waals surface area contributed by atoms with E-state index in [1.165, 1.54) is 0 Å². The van der Waals surface area contributed by atoms with Crippen LogP contribution in [0, 0.1) is 9.55 Å².